The molecule has 2 unspecified atom stereocenters. The topological polar surface area (TPSA) is 88.2 Å². The highest BCUT2D eigenvalue weighted by Crippen LogP contribution is 2.26. The predicted octanol–water partition coefficient (Wildman–Crippen LogP) is 6.23. The molecular formula is C34H41N3O5. The number of carbonyl (C=O) groups is 3. The lowest BCUT2D eigenvalue weighted by molar-refractivity contribution is -0.141. The van der Waals surface area contributed by atoms with Gasteiger partial charge in [0.1, 0.15) is 12.7 Å². The molecule has 1 aliphatic rings. The molecule has 1 heterocycles. The van der Waals surface area contributed by atoms with Gasteiger partial charge in [-0.2, -0.15) is 0 Å². The average Bonchev–Trinajstić information content (AvgIpc) is 3.38. The SMILES string of the molecule is CCCCCNC(=O)N(C)c1cccc(-c2ccc(CC(OCC)C(=O)N3C(=O)OCC3Cc3ccccc3)cc2)c1. The Balaban J connectivity index is 1.42. The zero-order chi connectivity index (χ0) is 29.9. The molecule has 1 N–H and O–H groups in total. The third kappa shape index (κ3) is 7.97. The molecule has 4 rings (SSSR count). The largest absolute Gasteiger partial charge is 0.447 e. The van der Waals surface area contributed by atoms with E-state index in [4.69, 9.17) is 9.47 Å². The molecule has 0 radical (unpaired) electrons. The Bertz CT molecular complexity index is 1330. The van der Waals surface area contributed by atoms with Crippen LogP contribution in [0.15, 0.2) is 78.9 Å². The smallest absolute Gasteiger partial charge is 0.417 e. The maximum absolute atomic E-state index is 13.6. The molecular weight excluding hydrogens is 530 g/mol. The van der Waals surface area contributed by atoms with Crippen molar-refractivity contribution in [2.24, 2.45) is 0 Å². The lowest BCUT2D eigenvalue weighted by atomic mass is 10.00. The van der Waals surface area contributed by atoms with Crippen LogP contribution in [0.5, 0.6) is 0 Å². The van der Waals surface area contributed by atoms with Crippen molar-refractivity contribution >= 4 is 23.7 Å². The van der Waals surface area contributed by atoms with Crippen molar-refractivity contribution in [3.8, 4) is 11.1 Å². The van der Waals surface area contributed by atoms with Gasteiger partial charge in [0.15, 0.2) is 0 Å². The van der Waals surface area contributed by atoms with E-state index in [1.807, 2.05) is 85.8 Å². The molecule has 1 fully saturated rings. The van der Waals surface area contributed by atoms with Crippen LogP contribution in [0.3, 0.4) is 0 Å². The minimum absolute atomic E-state index is 0.127. The summed E-state index contributed by atoms with van der Waals surface area (Å²) in [6.07, 6.45) is 2.59. The minimum Gasteiger partial charge on any atom is -0.447 e. The molecule has 0 spiro atoms. The van der Waals surface area contributed by atoms with Crippen molar-refractivity contribution in [3.63, 3.8) is 0 Å². The standard InChI is InChI=1S/C34H41N3O5/c1-4-6-10-20-35-33(39)36(3)29-15-11-14-28(23-29)27-18-16-26(17-19-27)22-31(41-5-2)32(38)37-30(24-42-34(37)40)21-25-12-8-7-9-13-25/h7-9,11-19,23,30-31H,4-6,10,20-22,24H2,1-3H3,(H,35,39). The van der Waals surface area contributed by atoms with E-state index in [0.717, 1.165) is 47.2 Å². The highest BCUT2D eigenvalue weighted by molar-refractivity contribution is 5.96. The van der Waals surface area contributed by atoms with Gasteiger partial charge in [0, 0.05) is 32.3 Å². The molecule has 3 aromatic carbocycles. The second kappa shape index (κ2) is 15.2. The van der Waals surface area contributed by atoms with E-state index in [0.29, 0.717) is 26.0 Å². The van der Waals surface area contributed by atoms with E-state index in [1.54, 1.807) is 11.9 Å². The van der Waals surface area contributed by atoms with Crippen LogP contribution in [0.4, 0.5) is 15.3 Å². The number of nitrogens with one attached hydrogen (secondary N) is 1. The zero-order valence-electron chi connectivity index (χ0n) is 24.8. The quantitative estimate of drug-likeness (QED) is 0.246. The molecule has 1 aliphatic heterocycles. The Morgan fingerprint density at radius 1 is 0.976 bits per heavy atom. The number of anilines is 1. The van der Waals surface area contributed by atoms with Gasteiger partial charge in [-0.25, -0.2) is 14.5 Å². The Labute approximate surface area is 248 Å². The van der Waals surface area contributed by atoms with Crippen LogP contribution < -0.4 is 10.2 Å². The van der Waals surface area contributed by atoms with Gasteiger partial charge in [-0.3, -0.25) is 9.69 Å². The van der Waals surface area contributed by atoms with Gasteiger partial charge in [-0.05, 0) is 54.2 Å². The van der Waals surface area contributed by atoms with Gasteiger partial charge in [0.2, 0.25) is 0 Å². The van der Waals surface area contributed by atoms with Gasteiger partial charge < -0.3 is 14.8 Å². The molecule has 2 atom stereocenters. The second-order valence-corrected chi connectivity index (χ2v) is 10.5. The number of rotatable bonds is 13. The van der Waals surface area contributed by atoms with Crippen molar-refractivity contribution in [2.45, 2.75) is 58.1 Å². The van der Waals surface area contributed by atoms with Crippen molar-refractivity contribution in [2.75, 3.05) is 31.7 Å². The summed E-state index contributed by atoms with van der Waals surface area (Å²) in [5, 5.41) is 2.97. The molecule has 0 aliphatic carbocycles. The number of benzene rings is 3. The first kappa shape index (κ1) is 30.8. The molecule has 8 nitrogen and oxygen atoms in total. The lowest BCUT2D eigenvalue weighted by Gasteiger charge is -2.25. The number of hydrogen-bond donors (Lipinski definition) is 1. The van der Waals surface area contributed by atoms with Gasteiger partial charge in [0.05, 0.1) is 6.04 Å². The van der Waals surface area contributed by atoms with Gasteiger partial charge >= 0.3 is 12.1 Å². The maximum Gasteiger partial charge on any atom is 0.417 e. The van der Waals surface area contributed by atoms with E-state index < -0.39 is 12.2 Å². The number of cyclic esters (lactones) is 1. The molecule has 0 aromatic heterocycles. The number of ether oxygens (including phenoxy) is 2. The summed E-state index contributed by atoms with van der Waals surface area (Å²) >= 11 is 0. The first-order valence-corrected chi connectivity index (χ1v) is 14.8. The van der Waals surface area contributed by atoms with Crippen LogP contribution in [-0.4, -0.2) is 61.9 Å². The maximum atomic E-state index is 13.6. The third-order valence-electron chi connectivity index (χ3n) is 7.46. The fraction of sp³-hybridized carbons (Fsp3) is 0.382. The highest BCUT2D eigenvalue weighted by Gasteiger charge is 2.41. The molecule has 222 valence electrons. The van der Waals surface area contributed by atoms with Gasteiger partial charge in [-0.1, -0.05) is 86.5 Å². The van der Waals surface area contributed by atoms with E-state index >= 15 is 0 Å². The Hall–Kier alpha value is -4.17. The fourth-order valence-corrected chi connectivity index (χ4v) is 5.09. The summed E-state index contributed by atoms with van der Waals surface area (Å²) < 4.78 is 11.1. The van der Waals surface area contributed by atoms with Crippen LogP contribution in [0.25, 0.3) is 11.1 Å². The van der Waals surface area contributed by atoms with Crippen LogP contribution in [0.2, 0.25) is 0 Å². The summed E-state index contributed by atoms with van der Waals surface area (Å²) in [4.78, 5) is 41.6. The Kier molecular flexibility index (Phi) is 11.1. The van der Waals surface area contributed by atoms with E-state index in [2.05, 4.69) is 12.2 Å². The van der Waals surface area contributed by atoms with Crippen molar-refractivity contribution in [1.29, 1.82) is 0 Å². The summed E-state index contributed by atoms with van der Waals surface area (Å²) in [5.74, 6) is -0.381. The molecule has 1 saturated heterocycles. The van der Waals surface area contributed by atoms with Crippen LogP contribution >= 0.6 is 0 Å². The van der Waals surface area contributed by atoms with E-state index in [-0.39, 0.29) is 24.6 Å². The number of nitrogens with zero attached hydrogens (tertiary/aromatic N) is 2. The van der Waals surface area contributed by atoms with Gasteiger partial charge in [-0.15, -0.1) is 0 Å². The Morgan fingerprint density at radius 2 is 1.74 bits per heavy atom. The molecule has 8 heteroatoms. The number of hydrogen-bond acceptors (Lipinski definition) is 5. The summed E-state index contributed by atoms with van der Waals surface area (Å²) in [6.45, 7) is 5.14. The average molecular weight is 572 g/mol. The molecule has 0 saturated carbocycles. The van der Waals surface area contributed by atoms with Crippen molar-refractivity contribution in [3.05, 3.63) is 90.0 Å². The monoisotopic (exact) mass is 571 g/mol. The normalized spacial score (nSPS) is 15.3. The predicted molar refractivity (Wildman–Crippen MR) is 164 cm³/mol. The molecule has 3 aromatic rings. The molecule has 4 amide bonds. The molecule has 0 bridgehead atoms. The van der Waals surface area contributed by atoms with Crippen LogP contribution in [-0.2, 0) is 27.1 Å². The first-order chi connectivity index (χ1) is 20.4. The van der Waals surface area contributed by atoms with Gasteiger partial charge in [0.25, 0.3) is 5.91 Å². The summed E-state index contributed by atoms with van der Waals surface area (Å²) in [7, 11) is 1.77. The Morgan fingerprint density at radius 3 is 2.45 bits per heavy atom. The summed E-state index contributed by atoms with van der Waals surface area (Å²) in [6, 6.07) is 25.0. The fourth-order valence-electron chi connectivity index (χ4n) is 5.09. The minimum atomic E-state index is -0.808. The van der Waals surface area contributed by atoms with Crippen LogP contribution in [0, 0.1) is 0 Å². The van der Waals surface area contributed by atoms with Crippen LogP contribution in [0.1, 0.15) is 44.2 Å². The summed E-state index contributed by atoms with van der Waals surface area (Å²) in [5.41, 5.74) is 4.71. The van der Waals surface area contributed by atoms with Crippen molar-refractivity contribution in [1.82, 2.24) is 10.2 Å². The first-order valence-electron chi connectivity index (χ1n) is 14.8. The number of unbranched alkanes of at least 4 members (excludes halogenated alkanes) is 2. The number of imide groups is 1. The van der Waals surface area contributed by atoms with Crippen molar-refractivity contribution < 1.29 is 23.9 Å². The zero-order valence-corrected chi connectivity index (χ0v) is 24.8. The second-order valence-electron chi connectivity index (χ2n) is 10.5. The number of amides is 4. The van der Waals surface area contributed by atoms with E-state index in [9.17, 15) is 14.4 Å². The lowest BCUT2D eigenvalue weighted by Crippen LogP contribution is -2.47. The highest BCUT2D eigenvalue weighted by atomic mass is 16.6. The number of carbonyl (C=O) groups excluding carboxylic acids is 3. The molecule has 42 heavy (non-hydrogen) atoms. The third-order valence-corrected chi connectivity index (χ3v) is 7.46. The number of urea groups is 1. The van der Waals surface area contributed by atoms with E-state index in [1.165, 1.54) is 4.90 Å².